The molecule has 0 saturated carbocycles. The van der Waals surface area contributed by atoms with Gasteiger partial charge in [-0.1, -0.05) is 43.7 Å². The highest BCUT2D eigenvalue weighted by Crippen LogP contribution is 2.30. The molecule has 46 heavy (non-hydrogen) atoms. The number of anilines is 1. The van der Waals surface area contributed by atoms with Crippen LogP contribution in [0.5, 0.6) is 11.5 Å². The van der Waals surface area contributed by atoms with Gasteiger partial charge in [-0.2, -0.15) is 4.31 Å². The molecule has 4 aromatic rings. The van der Waals surface area contributed by atoms with Gasteiger partial charge in [-0.25, -0.2) is 18.4 Å². The number of piperazine rings is 1. The summed E-state index contributed by atoms with van der Waals surface area (Å²) in [5.74, 6) is 3.04. The predicted octanol–water partition coefficient (Wildman–Crippen LogP) is 6.49. The Hall–Kier alpha value is -3.73. The van der Waals surface area contributed by atoms with Gasteiger partial charge in [0.1, 0.15) is 11.6 Å². The molecule has 5 rings (SSSR count). The molecule has 1 aliphatic rings. The summed E-state index contributed by atoms with van der Waals surface area (Å²) < 4.78 is 39.9. The Morgan fingerprint density at radius 2 is 1.52 bits per heavy atom. The van der Waals surface area contributed by atoms with Gasteiger partial charge < -0.3 is 14.8 Å². The molecule has 10 heteroatoms. The summed E-state index contributed by atoms with van der Waals surface area (Å²) in [5, 5.41) is 4.53. The van der Waals surface area contributed by atoms with E-state index >= 15 is 0 Å². The van der Waals surface area contributed by atoms with E-state index in [-0.39, 0.29) is 6.04 Å². The van der Waals surface area contributed by atoms with Crippen molar-refractivity contribution >= 4 is 26.7 Å². The second-order valence-corrected chi connectivity index (χ2v) is 13.6. The number of aryl methyl sites for hydroxylation is 1. The number of aromatic nitrogens is 2. The number of para-hydroxylation sites is 1. The molecule has 1 aliphatic heterocycles. The molecule has 0 unspecified atom stereocenters. The largest absolute Gasteiger partial charge is 0.490 e. The van der Waals surface area contributed by atoms with Crippen molar-refractivity contribution < 1.29 is 17.9 Å². The molecule has 9 nitrogen and oxygen atoms in total. The van der Waals surface area contributed by atoms with E-state index in [4.69, 9.17) is 19.4 Å². The van der Waals surface area contributed by atoms with E-state index in [1.165, 1.54) is 5.56 Å². The number of benzene rings is 3. The number of unbranched alkanes of at least 4 members (excludes halogenated alkanes) is 1. The maximum Gasteiger partial charge on any atom is 0.243 e. The van der Waals surface area contributed by atoms with Crippen LogP contribution in [0, 0.1) is 0 Å². The number of nitrogens with zero attached hydrogens (tertiary/aromatic N) is 4. The van der Waals surface area contributed by atoms with Crippen LogP contribution >= 0.6 is 0 Å². The van der Waals surface area contributed by atoms with Crippen molar-refractivity contribution in [2.24, 2.45) is 0 Å². The van der Waals surface area contributed by atoms with Gasteiger partial charge in [0.2, 0.25) is 10.0 Å². The van der Waals surface area contributed by atoms with Crippen molar-refractivity contribution in [3.63, 3.8) is 0 Å². The molecule has 1 atom stereocenters. The summed E-state index contributed by atoms with van der Waals surface area (Å²) in [6.07, 6.45) is 3.98. The standard InChI is InChI=1S/C36H47N5O4S/c1-5-8-11-28-14-17-30(18-15-28)46(42,43)41-24-22-40(23-25-41)27(4)35-38-32-13-10-9-12-31(32)36(39-35)37-21-20-29-16-19-33(44-6-2)34(26-29)45-7-3/h9-10,12-19,26-27H,5-8,11,20-25H2,1-4H3,(H,37,38,39)/t27-/m0/s1. The van der Waals surface area contributed by atoms with Gasteiger partial charge in [-0.15, -0.1) is 0 Å². The molecule has 1 aromatic heterocycles. The minimum atomic E-state index is -3.54. The lowest BCUT2D eigenvalue weighted by atomic mass is 10.1. The van der Waals surface area contributed by atoms with E-state index in [1.54, 1.807) is 16.4 Å². The first-order valence-electron chi connectivity index (χ1n) is 16.6. The summed E-state index contributed by atoms with van der Waals surface area (Å²) in [5.41, 5.74) is 3.20. The molecule has 0 spiro atoms. The van der Waals surface area contributed by atoms with Crippen LogP contribution < -0.4 is 14.8 Å². The topological polar surface area (TPSA) is 96.9 Å². The van der Waals surface area contributed by atoms with Gasteiger partial charge in [0.15, 0.2) is 11.5 Å². The second kappa shape index (κ2) is 15.7. The monoisotopic (exact) mass is 645 g/mol. The Bertz CT molecular complexity index is 1690. The Morgan fingerprint density at radius 3 is 2.24 bits per heavy atom. The number of hydrogen-bond acceptors (Lipinski definition) is 8. The fraction of sp³-hybridized carbons (Fsp3) is 0.444. The van der Waals surface area contributed by atoms with Gasteiger partial charge in [-0.3, -0.25) is 4.90 Å². The van der Waals surface area contributed by atoms with E-state index in [9.17, 15) is 8.42 Å². The average Bonchev–Trinajstić information content (AvgIpc) is 3.08. The third-order valence-electron chi connectivity index (χ3n) is 8.51. The lowest BCUT2D eigenvalue weighted by Crippen LogP contribution is -2.49. The summed E-state index contributed by atoms with van der Waals surface area (Å²) in [4.78, 5) is 12.6. The number of fused-ring (bicyclic) bond motifs is 1. The molecule has 0 aliphatic carbocycles. The molecule has 246 valence electrons. The lowest BCUT2D eigenvalue weighted by molar-refractivity contribution is 0.141. The summed E-state index contributed by atoms with van der Waals surface area (Å²) >= 11 is 0. The highest BCUT2D eigenvalue weighted by Gasteiger charge is 2.31. The molecule has 1 fully saturated rings. The molecule has 0 radical (unpaired) electrons. The van der Waals surface area contributed by atoms with Crippen LogP contribution in [0.15, 0.2) is 71.6 Å². The number of nitrogens with one attached hydrogen (secondary N) is 1. The third-order valence-corrected chi connectivity index (χ3v) is 10.4. The SMILES string of the molecule is CCCCc1ccc(S(=O)(=O)N2CCN([C@@H](C)c3nc(NCCc4ccc(OCC)c(OCC)c4)c4ccccc4n3)CC2)cc1. The van der Waals surface area contributed by atoms with Crippen LogP contribution in [0.1, 0.15) is 63.5 Å². The van der Waals surface area contributed by atoms with Crippen LogP contribution in [0.3, 0.4) is 0 Å². The highest BCUT2D eigenvalue weighted by molar-refractivity contribution is 7.89. The first kappa shape index (κ1) is 33.6. The smallest absolute Gasteiger partial charge is 0.243 e. The zero-order valence-corrected chi connectivity index (χ0v) is 28.4. The molecular weight excluding hydrogens is 598 g/mol. The van der Waals surface area contributed by atoms with E-state index in [2.05, 4.69) is 30.1 Å². The Kier molecular flexibility index (Phi) is 11.5. The van der Waals surface area contributed by atoms with Crippen molar-refractivity contribution in [2.45, 2.75) is 64.3 Å². The van der Waals surface area contributed by atoms with Crippen LogP contribution in [0.4, 0.5) is 5.82 Å². The maximum absolute atomic E-state index is 13.4. The van der Waals surface area contributed by atoms with Crippen molar-refractivity contribution in [3.05, 3.63) is 83.7 Å². The first-order valence-corrected chi connectivity index (χ1v) is 18.0. The average molecular weight is 646 g/mol. The summed E-state index contributed by atoms with van der Waals surface area (Å²) in [7, 11) is -3.54. The number of hydrogen-bond donors (Lipinski definition) is 1. The Morgan fingerprint density at radius 1 is 0.826 bits per heavy atom. The molecule has 0 amide bonds. The maximum atomic E-state index is 13.4. The fourth-order valence-electron chi connectivity index (χ4n) is 5.85. The Balaban J connectivity index is 1.25. The zero-order chi connectivity index (χ0) is 32.5. The molecule has 2 heterocycles. The number of sulfonamides is 1. The quantitative estimate of drug-likeness (QED) is 0.157. The van der Waals surface area contributed by atoms with Gasteiger partial charge >= 0.3 is 0 Å². The van der Waals surface area contributed by atoms with Crippen molar-refractivity contribution in [3.8, 4) is 11.5 Å². The van der Waals surface area contributed by atoms with E-state index in [0.29, 0.717) is 50.8 Å². The van der Waals surface area contributed by atoms with Crippen molar-refractivity contribution in [2.75, 3.05) is 51.3 Å². The van der Waals surface area contributed by atoms with Gasteiger partial charge in [-0.05, 0) is 87.6 Å². The van der Waals surface area contributed by atoms with Gasteiger partial charge in [0.25, 0.3) is 0 Å². The molecule has 1 saturated heterocycles. The van der Waals surface area contributed by atoms with Crippen LogP contribution in [-0.4, -0.2) is 73.5 Å². The van der Waals surface area contributed by atoms with Crippen molar-refractivity contribution in [1.29, 1.82) is 0 Å². The highest BCUT2D eigenvalue weighted by atomic mass is 32.2. The third kappa shape index (κ3) is 7.97. The Labute approximate surface area is 274 Å². The molecule has 1 N–H and O–H groups in total. The van der Waals surface area contributed by atoms with E-state index in [1.807, 2.05) is 62.4 Å². The normalized spacial score (nSPS) is 15.1. The minimum Gasteiger partial charge on any atom is -0.490 e. The molecule has 0 bridgehead atoms. The summed E-state index contributed by atoms with van der Waals surface area (Å²) in [6, 6.07) is 21.4. The van der Waals surface area contributed by atoms with Crippen LogP contribution in [-0.2, 0) is 22.9 Å². The second-order valence-electron chi connectivity index (χ2n) is 11.6. The minimum absolute atomic E-state index is 0.0762. The van der Waals surface area contributed by atoms with Crippen LogP contribution in [0.25, 0.3) is 10.9 Å². The molecule has 3 aromatic carbocycles. The van der Waals surface area contributed by atoms with E-state index in [0.717, 1.165) is 65.3 Å². The van der Waals surface area contributed by atoms with Gasteiger partial charge in [0.05, 0.1) is 29.7 Å². The van der Waals surface area contributed by atoms with Crippen molar-refractivity contribution in [1.82, 2.24) is 19.2 Å². The zero-order valence-electron chi connectivity index (χ0n) is 27.5. The van der Waals surface area contributed by atoms with Crippen LogP contribution in [0.2, 0.25) is 0 Å². The fourth-order valence-corrected chi connectivity index (χ4v) is 7.27. The number of ether oxygens (including phenoxy) is 2. The van der Waals surface area contributed by atoms with Gasteiger partial charge in [0, 0.05) is 38.1 Å². The molecular formula is C36H47N5O4S. The number of rotatable bonds is 15. The predicted molar refractivity (Wildman–Crippen MR) is 184 cm³/mol. The first-order chi connectivity index (χ1) is 22.3. The lowest BCUT2D eigenvalue weighted by Gasteiger charge is -2.37. The summed E-state index contributed by atoms with van der Waals surface area (Å²) in [6.45, 7) is 12.1. The van der Waals surface area contributed by atoms with E-state index < -0.39 is 10.0 Å².